The Morgan fingerprint density at radius 1 is 1.33 bits per heavy atom. The van der Waals surface area contributed by atoms with Crippen LogP contribution in [-0.2, 0) is 6.54 Å². The Hall–Kier alpha value is -2.96. The fourth-order valence-corrected chi connectivity index (χ4v) is 3.30. The van der Waals surface area contributed by atoms with Crippen LogP contribution in [0.3, 0.4) is 0 Å². The van der Waals surface area contributed by atoms with E-state index in [4.69, 9.17) is 0 Å². The van der Waals surface area contributed by atoms with Gasteiger partial charge in [0, 0.05) is 18.3 Å². The molecule has 7 nitrogen and oxygen atoms in total. The van der Waals surface area contributed by atoms with Gasteiger partial charge in [-0.25, -0.2) is 0 Å². The van der Waals surface area contributed by atoms with E-state index in [1.54, 1.807) is 28.0 Å². The van der Waals surface area contributed by atoms with E-state index in [2.05, 4.69) is 15.3 Å². The van der Waals surface area contributed by atoms with E-state index >= 15 is 0 Å². The van der Waals surface area contributed by atoms with Crippen molar-refractivity contribution in [2.45, 2.75) is 25.4 Å². The summed E-state index contributed by atoms with van der Waals surface area (Å²) in [5, 5.41) is 8.61. The average molecular weight is 323 g/mol. The van der Waals surface area contributed by atoms with E-state index in [-0.39, 0.29) is 23.1 Å². The molecule has 1 atom stereocenters. The first kappa shape index (κ1) is 14.6. The molecule has 1 aliphatic heterocycles. The van der Waals surface area contributed by atoms with Crippen LogP contribution in [-0.4, -0.2) is 43.4 Å². The van der Waals surface area contributed by atoms with E-state index in [9.17, 15) is 9.59 Å². The number of para-hydroxylation sites is 1. The third-order valence-corrected chi connectivity index (χ3v) is 4.49. The zero-order valence-electron chi connectivity index (χ0n) is 13.1. The molecule has 1 aromatic carbocycles. The first-order valence-corrected chi connectivity index (χ1v) is 7.99. The van der Waals surface area contributed by atoms with Crippen molar-refractivity contribution in [2.24, 2.45) is 0 Å². The van der Waals surface area contributed by atoms with Gasteiger partial charge in [0.25, 0.3) is 11.5 Å². The summed E-state index contributed by atoms with van der Waals surface area (Å²) in [5.74, 6) is -0.218. The molecule has 122 valence electrons. The van der Waals surface area contributed by atoms with Crippen LogP contribution in [0, 0.1) is 0 Å². The molecule has 1 fully saturated rings. The number of nitrogens with one attached hydrogen (secondary N) is 1. The van der Waals surface area contributed by atoms with E-state index < -0.39 is 0 Å². The molecular formula is C17H17N5O2. The maximum atomic E-state index is 12.9. The van der Waals surface area contributed by atoms with Crippen molar-refractivity contribution in [3.8, 4) is 0 Å². The molecule has 1 N–H and O–H groups in total. The SMILES string of the molecule is O=C(c1cc2ccccc2[nH]c1=O)N1CCC[C@H]1Cn1ccnn1. The van der Waals surface area contributed by atoms with Gasteiger partial charge in [0.1, 0.15) is 5.56 Å². The normalized spacial score (nSPS) is 17.5. The monoisotopic (exact) mass is 323 g/mol. The highest BCUT2D eigenvalue weighted by molar-refractivity contribution is 5.97. The molecule has 3 aromatic rings. The van der Waals surface area contributed by atoms with Gasteiger partial charge in [-0.15, -0.1) is 5.10 Å². The minimum absolute atomic E-state index is 0.0325. The lowest BCUT2D eigenvalue weighted by molar-refractivity contribution is 0.0719. The fourth-order valence-electron chi connectivity index (χ4n) is 3.30. The van der Waals surface area contributed by atoms with Crippen LogP contribution in [0.25, 0.3) is 10.9 Å². The summed E-state index contributed by atoms with van der Waals surface area (Å²) in [5.41, 5.74) is 0.587. The summed E-state index contributed by atoms with van der Waals surface area (Å²) in [6, 6.07) is 9.17. The number of nitrogens with zero attached hydrogens (tertiary/aromatic N) is 4. The topological polar surface area (TPSA) is 83.9 Å². The van der Waals surface area contributed by atoms with Crippen LogP contribution in [0.2, 0.25) is 0 Å². The average Bonchev–Trinajstić information content (AvgIpc) is 3.26. The summed E-state index contributed by atoms with van der Waals surface area (Å²) in [6.45, 7) is 1.25. The Labute approximate surface area is 137 Å². The first-order valence-electron chi connectivity index (χ1n) is 7.99. The predicted molar refractivity (Wildman–Crippen MR) is 88.6 cm³/mol. The van der Waals surface area contributed by atoms with Gasteiger partial charge in [-0.05, 0) is 30.4 Å². The third kappa shape index (κ3) is 2.58. The zero-order valence-corrected chi connectivity index (χ0v) is 13.1. The Morgan fingerprint density at radius 3 is 3.04 bits per heavy atom. The number of hydrogen-bond donors (Lipinski definition) is 1. The number of fused-ring (bicyclic) bond motifs is 1. The Morgan fingerprint density at radius 2 is 2.21 bits per heavy atom. The summed E-state index contributed by atoms with van der Waals surface area (Å²) in [6.07, 6.45) is 5.23. The van der Waals surface area contributed by atoms with Crippen LogP contribution in [0.4, 0.5) is 0 Å². The molecule has 0 unspecified atom stereocenters. The van der Waals surface area contributed by atoms with Gasteiger partial charge in [-0.3, -0.25) is 14.3 Å². The molecule has 1 amide bonds. The quantitative estimate of drug-likeness (QED) is 0.790. The van der Waals surface area contributed by atoms with E-state index in [0.29, 0.717) is 13.1 Å². The molecule has 0 bridgehead atoms. The molecular weight excluding hydrogens is 306 g/mol. The lowest BCUT2D eigenvalue weighted by Crippen LogP contribution is -2.40. The van der Waals surface area contributed by atoms with Gasteiger partial charge in [0.15, 0.2) is 0 Å². The molecule has 1 aliphatic rings. The molecule has 3 heterocycles. The lowest BCUT2D eigenvalue weighted by atomic mass is 10.1. The number of carbonyl (C=O) groups excluding carboxylic acids is 1. The highest BCUT2D eigenvalue weighted by atomic mass is 16.2. The molecule has 4 rings (SSSR count). The number of amides is 1. The predicted octanol–water partition coefficient (Wildman–Crippen LogP) is 1.42. The second-order valence-corrected chi connectivity index (χ2v) is 6.02. The van der Waals surface area contributed by atoms with Gasteiger partial charge >= 0.3 is 0 Å². The van der Waals surface area contributed by atoms with E-state index in [1.165, 1.54) is 0 Å². The Kier molecular flexibility index (Phi) is 3.60. The summed E-state index contributed by atoms with van der Waals surface area (Å²) >= 11 is 0. The fraction of sp³-hybridized carbons (Fsp3) is 0.294. The second-order valence-electron chi connectivity index (χ2n) is 6.02. The molecule has 0 radical (unpaired) electrons. The zero-order chi connectivity index (χ0) is 16.5. The highest BCUT2D eigenvalue weighted by Gasteiger charge is 2.31. The van der Waals surface area contributed by atoms with Gasteiger partial charge < -0.3 is 9.88 Å². The van der Waals surface area contributed by atoms with Gasteiger partial charge in [0.2, 0.25) is 0 Å². The minimum Gasteiger partial charge on any atom is -0.334 e. The first-order chi connectivity index (χ1) is 11.7. The van der Waals surface area contributed by atoms with Crippen molar-refractivity contribution in [3.05, 3.63) is 58.6 Å². The van der Waals surface area contributed by atoms with Crippen LogP contribution in [0.15, 0.2) is 47.5 Å². The molecule has 2 aromatic heterocycles. The van der Waals surface area contributed by atoms with Crippen LogP contribution in [0.1, 0.15) is 23.2 Å². The van der Waals surface area contributed by atoms with Gasteiger partial charge in [0.05, 0.1) is 18.8 Å². The van der Waals surface area contributed by atoms with Crippen molar-refractivity contribution < 1.29 is 4.79 Å². The Balaban J connectivity index is 1.65. The maximum absolute atomic E-state index is 12.9. The van der Waals surface area contributed by atoms with Crippen molar-refractivity contribution in [2.75, 3.05) is 6.54 Å². The molecule has 0 aliphatic carbocycles. The van der Waals surface area contributed by atoms with Crippen molar-refractivity contribution in [1.82, 2.24) is 24.9 Å². The van der Waals surface area contributed by atoms with E-state index in [1.807, 2.05) is 24.3 Å². The van der Waals surface area contributed by atoms with Gasteiger partial charge in [-0.2, -0.15) is 0 Å². The van der Waals surface area contributed by atoms with Crippen molar-refractivity contribution in [1.29, 1.82) is 0 Å². The number of benzene rings is 1. The number of rotatable bonds is 3. The minimum atomic E-state index is -0.342. The number of hydrogen-bond acceptors (Lipinski definition) is 4. The number of aromatic amines is 1. The smallest absolute Gasteiger partial charge is 0.261 e. The lowest BCUT2D eigenvalue weighted by Gasteiger charge is -2.24. The highest BCUT2D eigenvalue weighted by Crippen LogP contribution is 2.21. The van der Waals surface area contributed by atoms with Crippen LogP contribution in [0.5, 0.6) is 0 Å². The van der Waals surface area contributed by atoms with Gasteiger partial charge in [-0.1, -0.05) is 23.4 Å². The molecule has 0 saturated carbocycles. The number of pyridine rings is 1. The Bertz CT molecular complexity index is 932. The van der Waals surface area contributed by atoms with E-state index in [0.717, 1.165) is 23.7 Å². The molecule has 0 spiro atoms. The largest absolute Gasteiger partial charge is 0.334 e. The van der Waals surface area contributed by atoms with Crippen LogP contribution >= 0.6 is 0 Å². The van der Waals surface area contributed by atoms with Crippen LogP contribution < -0.4 is 5.56 Å². The number of likely N-dealkylation sites (tertiary alicyclic amines) is 1. The number of H-pyrrole nitrogens is 1. The molecule has 1 saturated heterocycles. The standard InChI is InChI=1S/C17H17N5O2/c23-16-14(10-12-4-1-2-6-15(12)19-16)17(24)22-8-3-5-13(22)11-21-9-7-18-20-21/h1-2,4,6-7,9-10,13H,3,5,8,11H2,(H,19,23)/t13-/m0/s1. The summed E-state index contributed by atoms with van der Waals surface area (Å²) in [7, 11) is 0. The summed E-state index contributed by atoms with van der Waals surface area (Å²) < 4.78 is 1.72. The summed E-state index contributed by atoms with van der Waals surface area (Å²) in [4.78, 5) is 29.8. The number of aromatic nitrogens is 4. The molecule has 7 heteroatoms. The second kappa shape index (κ2) is 5.92. The molecule has 24 heavy (non-hydrogen) atoms. The maximum Gasteiger partial charge on any atom is 0.261 e. The van der Waals surface area contributed by atoms with Crippen molar-refractivity contribution in [3.63, 3.8) is 0 Å². The number of carbonyl (C=O) groups is 1. The third-order valence-electron chi connectivity index (χ3n) is 4.49. The van der Waals surface area contributed by atoms with Crippen molar-refractivity contribution >= 4 is 16.8 Å².